The number of carbonyl (C=O) groups excluding carboxylic acids is 2. The van der Waals surface area contributed by atoms with E-state index in [4.69, 9.17) is 0 Å². The molecule has 1 saturated heterocycles. The lowest BCUT2D eigenvalue weighted by molar-refractivity contribution is -0.137. The molecular formula is C21H28N2O5S3. The Morgan fingerprint density at radius 3 is 2.52 bits per heavy atom. The zero-order chi connectivity index (χ0) is 22.4. The van der Waals surface area contributed by atoms with Crippen molar-refractivity contribution >= 4 is 53.7 Å². The Balaban J connectivity index is 1.46. The average Bonchev–Trinajstić information content (AvgIpc) is 3.16. The van der Waals surface area contributed by atoms with Crippen molar-refractivity contribution in [1.82, 2.24) is 9.80 Å². The van der Waals surface area contributed by atoms with E-state index in [-0.39, 0.29) is 32.0 Å². The number of rotatable bonds is 5. The maximum Gasteiger partial charge on any atom is 0.244 e. The Hall–Kier alpha value is -1.49. The van der Waals surface area contributed by atoms with Gasteiger partial charge in [0.1, 0.15) is 0 Å². The lowest BCUT2D eigenvalue weighted by Gasteiger charge is -2.41. The van der Waals surface area contributed by atoms with Gasteiger partial charge >= 0.3 is 0 Å². The lowest BCUT2D eigenvalue weighted by Crippen LogP contribution is -2.58. The van der Waals surface area contributed by atoms with Gasteiger partial charge in [0, 0.05) is 42.7 Å². The smallest absolute Gasteiger partial charge is 0.244 e. The van der Waals surface area contributed by atoms with Crippen molar-refractivity contribution in [2.75, 3.05) is 32.4 Å². The van der Waals surface area contributed by atoms with Crippen molar-refractivity contribution in [2.45, 2.75) is 49.9 Å². The molecule has 31 heavy (non-hydrogen) atoms. The first kappa shape index (κ1) is 22.7. The predicted molar refractivity (Wildman–Crippen MR) is 123 cm³/mol. The summed E-state index contributed by atoms with van der Waals surface area (Å²) >= 11 is 3.41. The molecule has 0 aromatic carbocycles. The van der Waals surface area contributed by atoms with Gasteiger partial charge in [-0.25, -0.2) is 8.42 Å². The number of thiophene rings is 2. The second kappa shape index (κ2) is 8.46. The van der Waals surface area contributed by atoms with Crippen molar-refractivity contribution in [1.29, 1.82) is 0 Å². The van der Waals surface area contributed by atoms with Crippen molar-refractivity contribution in [3.63, 3.8) is 0 Å². The largest absolute Gasteiger partial charge is 0.389 e. The molecule has 2 amide bonds. The van der Waals surface area contributed by atoms with Crippen LogP contribution in [0.2, 0.25) is 0 Å². The van der Waals surface area contributed by atoms with E-state index in [1.807, 2.05) is 5.38 Å². The molecule has 1 saturated carbocycles. The predicted octanol–water partition coefficient (Wildman–Crippen LogP) is 2.07. The highest BCUT2D eigenvalue weighted by Gasteiger charge is 2.54. The molecule has 2 aliphatic rings. The van der Waals surface area contributed by atoms with Crippen LogP contribution in [0.25, 0.3) is 9.40 Å². The van der Waals surface area contributed by atoms with Crippen LogP contribution in [-0.2, 0) is 32.3 Å². The molecule has 3 heterocycles. The minimum absolute atomic E-state index is 0.0486. The molecule has 2 fully saturated rings. The van der Waals surface area contributed by atoms with Crippen LogP contribution in [0.15, 0.2) is 11.4 Å². The number of aliphatic hydroxyl groups excluding tert-OH is 1. The van der Waals surface area contributed by atoms with Crippen molar-refractivity contribution in [3.05, 3.63) is 21.9 Å². The number of fused-ring (bicyclic) bond motifs is 1. The third-order valence-electron chi connectivity index (χ3n) is 6.50. The van der Waals surface area contributed by atoms with E-state index in [1.165, 1.54) is 13.8 Å². The molecule has 1 N–H and O–H groups in total. The quantitative estimate of drug-likeness (QED) is 0.701. The van der Waals surface area contributed by atoms with Gasteiger partial charge in [-0.1, -0.05) is 6.92 Å². The first-order chi connectivity index (χ1) is 14.6. The summed E-state index contributed by atoms with van der Waals surface area (Å²) < 4.78 is 24.5. The van der Waals surface area contributed by atoms with E-state index < -0.39 is 26.6 Å². The number of hydrogen-bond donors (Lipinski definition) is 1. The highest BCUT2D eigenvalue weighted by Crippen LogP contribution is 2.41. The molecule has 1 aliphatic heterocycles. The number of nitrogens with zero attached hydrogens (tertiary/aromatic N) is 2. The third kappa shape index (κ3) is 4.15. The minimum atomic E-state index is -3.54. The fraction of sp³-hybridized carbons (Fsp3) is 0.619. The van der Waals surface area contributed by atoms with Gasteiger partial charge in [0.15, 0.2) is 14.6 Å². The van der Waals surface area contributed by atoms with Gasteiger partial charge in [0.05, 0.1) is 16.5 Å². The first-order valence-electron chi connectivity index (χ1n) is 10.6. The second-order valence-corrected chi connectivity index (χ2v) is 13.2. The van der Waals surface area contributed by atoms with Crippen LogP contribution in [-0.4, -0.2) is 78.4 Å². The Morgan fingerprint density at radius 2 is 1.90 bits per heavy atom. The normalized spacial score (nSPS) is 21.7. The molecule has 1 aliphatic carbocycles. The van der Waals surface area contributed by atoms with Gasteiger partial charge in [-0.05, 0) is 42.7 Å². The SMILES string of the molecule is CCc1cc2c(CC(=O)N3CCN(C(=O)C4(S(C)(=O)=O)CCC4)CC(O)C3)csc2s1. The molecule has 10 heteroatoms. The summed E-state index contributed by atoms with van der Waals surface area (Å²) in [6, 6.07) is 2.15. The van der Waals surface area contributed by atoms with Crippen LogP contribution < -0.4 is 0 Å². The fourth-order valence-electron chi connectivity index (χ4n) is 4.44. The highest BCUT2D eigenvalue weighted by molar-refractivity contribution is 7.93. The van der Waals surface area contributed by atoms with Gasteiger partial charge in [-0.3, -0.25) is 9.59 Å². The van der Waals surface area contributed by atoms with Gasteiger partial charge < -0.3 is 14.9 Å². The highest BCUT2D eigenvalue weighted by atomic mass is 32.2. The molecule has 0 bridgehead atoms. The molecule has 0 radical (unpaired) electrons. The summed E-state index contributed by atoms with van der Waals surface area (Å²) in [6.07, 6.45) is 2.80. The van der Waals surface area contributed by atoms with Crippen molar-refractivity contribution in [3.8, 4) is 0 Å². The number of hydrogen-bond acceptors (Lipinski definition) is 7. The second-order valence-electron chi connectivity index (χ2n) is 8.57. The van der Waals surface area contributed by atoms with E-state index in [0.717, 1.165) is 23.6 Å². The van der Waals surface area contributed by atoms with Crippen LogP contribution in [0.1, 0.15) is 36.6 Å². The molecule has 7 nitrogen and oxygen atoms in total. The standard InChI is InChI=1S/C21H28N2O5S3/c1-3-16-10-17-14(13-29-19(17)30-16)9-18(25)22-7-8-23(12-15(24)11-22)20(26)21(5-4-6-21)31(2,27)28/h10,13,15,24H,3-9,11-12H2,1-2H3. The van der Waals surface area contributed by atoms with Crippen molar-refractivity contribution < 1.29 is 23.1 Å². The first-order valence-corrected chi connectivity index (χ1v) is 14.2. The van der Waals surface area contributed by atoms with Crippen LogP contribution in [0.3, 0.4) is 0 Å². The van der Waals surface area contributed by atoms with Gasteiger partial charge in [0.25, 0.3) is 0 Å². The monoisotopic (exact) mass is 484 g/mol. The van der Waals surface area contributed by atoms with Crippen LogP contribution in [0.5, 0.6) is 0 Å². The van der Waals surface area contributed by atoms with E-state index in [1.54, 1.807) is 27.6 Å². The molecule has 4 rings (SSSR count). The minimum Gasteiger partial charge on any atom is -0.389 e. The maximum atomic E-state index is 13.1. The molecule has 1 atom stereocenters. The number of sulfone groups is 1. The number of β-amino-alcohol motifs (C(OH)–C–C–N with tert-alkyl or cyclic N) is 1. The Labute approximate surface area is 190 Å². The number of amides is 2. The molecule has 1 unspecified atom stereocenters. The topological polar surface area (TPSA) is 95.0 Å². The van der Waals surface area contributed by atoms with E-state index in [2.05, 4.69) is 13.0 Å². The number of aliphatic hydroxyl groups is 1. The Bertz CT molecular complexity index is 1100. The van der Waals surface area contributed by atoms with Crippen molar-refractivity contribution in [2.24, 2.45) is 0 Å². The van der Waals surface area contributed by atoms with E-state index in [0.29, 0.717) is 25.8 Å². The van der Waals surface area contributed by atoms with Crippen LogP contribution >= 0.6 is 22.7 Å². The summed E-state index contributed by atoms with van der Waals surface area (Å²) in [4.78, 5) is 30.4. The van der Waals surface area contributed by atoms with E-state index in [9.17, 15) is 23.1 Å². The Morgan fingerprint density at radius 1 is 1.23 bits per heavy atom. The maximum absolute atomic E-state index is 13.1. The number of carbonyl (C=O) groups is 2. The zero-order valence-electron chi connectivity index (χ0n) is 17.8. The molecule has 2 aromatic rings. The fourth-order valence-corrected chi connectivity index (χ4v) is 8.21. The van der Waals surface area contributed by atoms with Gasteiger partial charge in [0.2, 0.25) is 11.8 Å². The zero-order valence-corrected chi connectivity index (χ0v) is 20.2. The summed E-state index contributed by atoms with van der Waals surface area (Å²) in [5.74, 6) is -0.515. The Kier molecular flexibility index (Phi) is 6.19. The lowest BCUT2D eigenvalue weighted by atomic mass is 9.83. The number of aryl methyl sites for hydroxylation is 1. The summed E-state index contributed by atoms with van der Waals surface area (Å²) in [6.45, 7) is 2.83. The molecular weight excluding hydrogens is 456 g/mol. The molecule has 170 valence electrons. The summed E-state index contributed by atoms with van der Waals surface area (Å²) in [7, 11) is -3.54. The van der Waals surface area contributed by atoms with Crippen LogP contribution in [0, 0.1) is 0 Å². The van der Waals surface area contributed by atoms with Gasteiger partial charge in [-0.15, -0.1) is 22.7 Å². The summed E-state index contributed by atoms with van der Waals surface area (Å²) in [5, 5.41) is 13.6. The third-order valence-corrected chi connectivity index (χ3v) is 10.9. The van der Waals surface area contributed by atoms with E-state index >= 15 is 0 Å². The molecule has 0 spiro atoms. The summed E-state index contributed by atoms with van der Waals surface area (Å²) in [5.41, 5.74) is 0.998. The molecule has 2 aromatic heterocycles. The average molecular weight is 485 g/mol. The van der Waals surface area contributed by atoms with Gasteiger partial charge in [-0.2, -0.15) is 0 Å². The van der Waals surface area contributed by atoms with Crippen LogP contribution in [0.4, 0.5) is 0 Å².